The zero-order valence-corrected chi connectivity index (χ0v) is 11.1. The summed E-state index contributed by atoms with van der Waals surface area (Å²) in [5, 5.41) is 3.52. The van der Waals surface area contributed by atoms with Crippen LogP contribution in [-0.2, 0) is 10.0 Å². The van der Waals surface area contributed by atoms with Crippen LogP contribution in [0.4, 0.5) is 0 Å². The smallest absolute Gasteiger partial charge is 0.217 e. The number of hydrogen-bond donors (Lipinski definition) is 1. The molecule has 1 atom stereocenters. The van der Waals surface area contributed by atoms with Gasteiger partial charge in [-0.25, -0.2) is 12.7 Å². The van der Waals surface area contributed by atoms with Crippen molar-refractivity contribution in [3.63, 3.8) is 0 Å². The molecule has 0 aliphatic carbocycles. The molecule has 0 aromatic rings. The Hall–Kier alpha value is -0.390. The first kappa shape index (κ1) is 13.1. The van der Waals surface area contributed by atoms with Crippen molar-refractivity contribution in [1.29, 1.82) is 0 Å². The average molecular weight is 258 g/mol. The van der Waals surface area contributed by atoms with Crippen LogP contribution < -0.4 is 5.32 Å². The van der Waals surface area contributed by atoms with Crippen molar-refractivity contribution in [2.75, 3.05) is 25.4 Å². The molecule has 2 fully saturated rings. The number of nitrogens with one attached hydrogen (secondary N) is 1. The van der Waals surface area contributed by atoms with E-state index in [1.54, 1.807) is 4.31 Å². The zero-order chi connectivity index (χ0) is 12.3. The van der Waals surface area contributed by atoms with Gasteiger partial charge in [0.05, 0.1) is 5.75 Å². The molecule has 1 N–H and O–H groups in total. The fraction of sp³-hybridized carbons (Fsp3) is 0.833. The second-order valence-corrected chi connectivity index (χ2v) is 7.02. The number of sulfonamides is 1. The van der Waals surface area contributed by atoms with Crippen LogP contribution in [-0.4, -0.2) is 44.2 Å². The van der Waals surface area contributed by atoms with E-state index in [2.05, 4.69) is 11.9 Å². The first-order valence-electron chi connectivity index (χ1n) is 6.45. The summed E-state index contributed by atoms with van der Waals surface area (Å²) in [5.74, 6) is 0.729. The molecule has 4 nitrogen and oxygen atoms in total. The number of hydrogen-bond acceptors (Lipinski definition) is 3. The fourth-order valence-electron chi connectivity index (χ4n) is 2.92. The lowest BCUT2D eigenvalue weighted by Gasteiger charge is -2.34. The lowest BCUT2D eigenvalue weighted by molar-refractivity contribution is 0.234. The predicted molar refractivity (Wildman–Crippen MR) is 69.3 cm³/mol. The molecule has 1 unspecified atom stereocenters. The van der Waals surface area contributed by atoms with Crippen molar-refractivity contribution in [3.8, 4) is 0 Å². The Morgan fingerprint density at radius 2 is 2.00 bits per heavy atom. The Labute approximate surface area is 104 Å². The molecule has 2 aliphatic rings. The summed E-state index contributed by atoms with van der Waals surface area (Å²) >= 11 is 0. The minimum atomic E-state index is -3.09. The highest BCUT2D eigenvalue weighted by atomic mass is 32.2. The highest BCUT2D eigenvalue weighted by Crippen LogP contribution is 2.26. The lowest BCUT2D eigenvalue weighted by Crippen LogP contribution is -2.43. The van der Waals surface area contributed by atoms with Crippen molar-refractivity contribution in [3.05, 3.63) is 12.7 Å². The predicted octanol–water partition coefficient (Wildman–Crippen LogP) is 0.966. The Balaban J connectivity index is 1.87. The number of piperidine rings is 1. The Morgan fingerprint density at radius 3 is 2.53 bits per heavy atom. The standard InChI is InChI=1S/C12H22N2O2S/c1-2-10-17(15,16)14-8-5-11(6-9-14)12-4-3-7-13-12/h2,11-13H,1,3-10H2. The molecule has 0 saturated carbocycles. The fourth-order valence-corrected chi connectivity index (χ4v) is 4.20. The average Bonchev–Trinajstić information content (AvgIpc) is 2.82. The first-order chi connectivity index (χ1) is 8.13. The van der Waals surface area contributed by atoms with Gasteiger partial charge in [-0.15, -0.1) is 6.58 Å². The summed E-state index contributed by atoms with van der Waals surface area (Å²) in [6.07, 6.45) is 5.98. The van der Waals surface area contributed by atoms with Gasteiger partial charge in [0.2, 0.25) is 10.0 Å². The molecular formula is C12H22N2O2S. The van der Waals surface area contributed by atoms with Gasteiger partial charge < -0.3 is 5.32 Å². The topological polar surface area (TPSA) is 49.4 Å². The van der Waals surface area contributed by atoms with Crippen molar-refractivity contribution < 1.29 is 8.42 Å². The van der Waals surface area contributed by atoms with Gasteiger partial charge in [-0.3, -0.25) is 0 Å². The highest BCUT2D eigenvalue weighted by Gasteiger charge is 2.31. The van der Waals surface area contributed by atoms with E-state index in [0.29, 0.717) is 25.0 Å². The zero-order valence-electron chi connectivity index (χ0n) is 10.3. The molecule has 2 heterocycles. The molecule has 2 aliphatic heterocycles. The molecule has 0 amide bonds. The Morgan fingerprint density at radius 1 is 1.29 bits per heavy atom. The van der Waals surface area contributed by atoms with E-state index in [4.69, 9.17) is 0 Å². The van der Waals surface area contributed by atoms with Gasteiger partial charge in [0.25, 0.3) is 0 Å². The summed E-state index contributed by atoms with van der Waals surface area (Å²) in [4.78, 5) is 0. The van der Waals surface area contributed by atoms with E-state index in [1.165, 1.54) is 18.9 Å². The quantitative estimate of drug-likeness (QED) is 0.764. The molecule has 0 aromatic carbocycles. The van der Waals surface area contributed by atoms with Gasteiger partial charge >= 0.3 is 0 Å². The summed E-state index contributed by atoms with van der Waals surface area (Å²) < 4.78 is 25.3. The Kier molecular flexibility index (Phi) is 4.22. The molecule has 2 saturated heterocycles. The maximum Gasteiger partial charge on any atom is 0.217 e. The molecule has 5 heteroatoms. The second kappa shape index (κ2) is 5.50. The van der Waals surface area contributed by atoms with Crippen LogP contribution in [0, 0.1) is 5.92 Å². The molecule has 0 bridgehead atoms. The van der Waals surface area contributed by atoms with Gasteiger partial charge in [-0.1, -0.05) is 6.08 Å². The maximum atomic E-state index is 11.9. The van der Waals surface area contributed by atoms with E-state index in [1.807, 2.05) is 0 Å². The molecule has 17 heavy (non-hydrogen) atoms. The van der Waals surface area contributed by atoms with Crippen molar-refractivity contribution in [1.82, 2.24) is 9.62 Å². The molecular weight excluding hydrogens is 236 g/mol. The van der Waals surface area contributed by atoms with Gasteiger partial charge in [-0.05, 0) is 38.1 Å². The van der Waals surface area contributed by atoms with Crippen LogP contribution in [0.25, 0.3) is 0 Å². The third kappa shape index (κ3) is 3.09. The minimum Gasteiger partial charge on any atom is -0.314 e. The molecule has 0 radical (unpaired) electrons. The Bertz CT molecular complexity index is 353. The third-order valence-corrected chi connectivity index (χ3v) is 5.70. The summed E-state index contributed by atoms with van der Waals surface area (Å²) in [6.45, 7) is 5.99. The molecule has 0 aromatic heterocycles. The van der Waals surface area contributed by atoms with Crippen LogP contribution in [0.3, 0.4) is 0 Å². The lowest BCUT2D eigenvalue weighted by atomic mass is 9.89. The second-order valence-electron chi connectivity index (χ2n) is 5.01. The molecule has 0 spiro atoms. The van der Waals surface area contributed by atoms with Gasteiger partial charge in [0, 0.05) is 19.1 Å². The largest absolute Gasteiger partial charge is 0.314 e. The van der Waals surface area contributed by atoms with Crippen LogP contribution >= 0.6 is 0 Å². The van der Waals surface area contributed by atoms with Crippen LogP contribution in [0.5, 0.6) is 0 Å². The van der Waals surface area contributed by atoms with Crippen molar-refractivity contribution in [2.24, 2.45) is 5.92 Å². The summed E-state index contributed by atoms with van der Waals surface area (Å²) in [7, 11) is -3.09. The van der Waals surface area contributed by atoms with E-state index in [-0.39, 0.29) is 5.75 Å². The maximum absolute atomic E-state index is 11.9. The third-order valence-electron chi connectivity index (χ3n) is 3.89. The number of rotatable bonds is 4. The SMILES string of the molecule is C=CCS(=O)(=O)N1CCC(C2CCCN2)CC1. The highest BCUT2D eigenvalue weighted by molar-refractivity contribution is 7.89. The minimum absolute atomic E-state index is 0.0688. The summed E-state index contributed by atoms with van der Waals surface area (Å²) in [6, 6.07) is 0.624. The van der Waals surface area contributed by atoms with E-state index in [0.717, 1.165) is 19.4 Å². The number of nitrogens with zero attached hydrogens (tertiary/aromatic N) is 1. The summed E-state index contributed by atoms with van der Waals surface area (Å²) in [5.41, 5.74) is 0. The van der Waals surface area contributed by atoms with E-state index in [9.17, 15) is 8.42 Å². The van der Waals surface area contributed by atoms with Crippen LogP contribution in [0.15, 0.2) is 12.7 Å². The van der Waals surface area contributed by atoms with Crippen LogP contribution in [0.1, 0.15) is 25.7 Å². The van der Waals surface area contributed by atoms with Crippen LogP contribution in [0.2, 0.25) is 0 Å². The van der Waals surface area contributed by atoms with Gasteiger partial charge in [-0.2, -0.15) is 0 Å². The molecule has 2 rings (SSSR count). The van der Waals surface area contributed by atoms with Gasteiger partial charge in [0.1, 0.15) is 0 Å². The van der Waals surface area contributed by atoms with Gasteiger partial charge in [0.15, 0.2) is 0 Å². The van der Waals surface area contributed by atoms with Crippen molar-refractivity contribution >= 4 is 10.0 Å². The van der Waals surface area contributed by atoms with Crippen molar-refractivity contribution in [2.45, 2.75) is 31.7 Å². The van der Waals surface area contributed by atoms with E-state index >= 15 is 0 Å². The molecule has 98 valence electrons. The van der Waals surface area contributed by atoms with E-state index < -0.39 is 10.0 Å². The normalized spacial score (nSPS) is 28.4. The monoisotopic (exact) mass is 258 g/mol. The first-order valence-corrected chi connectivity index (χ1v) is 8.06.